The number of anilines is 2. The number of nitrogens with one attached hydrogen (secondary N) is 1. The van der Waals surface area contributed by atoms with Gasteiger partial charge in [0.1, 0.15) is 5.54 Å². The quantitative estimate of drug-likeness (QED) is 0.286. The first kappa shape index (κ1) is 38.8. The number of piperazine rings is 2. The first-order chi connectivity index (χ1) is 25.7. The van der Waals surface area contributed by atoms with Crippen LogP contribution in [-0.2, 0) is 14.3 Å². The molecule has 0 unspecified atom stereocenters. The van der Waals surface area contributed by atoms with Crippen molar-refractivity contribution in [3.05, 3.63) is 59.7 Å². The van der Waals surface area contributed by atoms with Crippen LogP contribution in [0.1, 0.15) is 107 Å². The maximum Gasteiger partial charge on any atom is 0.340 e. The number of amides is 1. The van der Waals surface area contributed by atoms with Gasteiger partial charge in [-0.1, -0.05) is 52.4 Å². The minimum Gasteiger partial charge on any atom is -0.480 e. The molecule has 0 radical (unpaired) electrons. The van der Waals surface area contributed by atoms with Crippen molar-refractivity contribution in [1.29, 1.82) is 0 Å². The van der Waals surface area contributed by atoms with E-state index < -0.39 is 17.0 Å². The van der Waals surface area contributed by atoms with Crippen LogP contribution < -0.4 is 15.1 Å². The Morgan fingerprint density at radius 3 is 1.64 bits per heavy atom. The van der Waals surface area contributed by atoms with Crippen LogP contribution in [0.5, 0.6) is 0 Å². The monoisotopic (exact) mass is 728 g/mol. The van der Waals surface area contributed by atoms with E-state index in [1.807, 2.05) is 36.4 Å². The zero-order chi connectivity index (χ0) is 37.3. The molecule has 2 saturated carbocycles. The molecule has 1 amide bonds. The largest absolute Gasteiger partial charge is 0.480 e. The zero-order valence-electron chi connectivity index (χ0n) is 32.0. The third-order valence-corrected chi connectivity index (χ3v) is 11.8. The van der Waals surface area contributed by atoms with Crippen molar-refractivity contribution in [2.45, 2.75) is 102 Å². The number of carboxylic acid groups (broad SMARTS) is 1. The highest BCUT2D eigenvalue weighted by atomic mass is 16.6. The minimum atomic E-state index is -1.11. The summed E-state index contributed by atoms with van der Waals surface area (Å²) in [5.74, 6) is -0.852. The summed E-state index contributed by atoms with van der Waals surface area (Å²) in [6, 6.07) is 15.9. The second kappa shape index (κ2) is 17.9. The Labute approximate surface area is 315 Å². The molecule has 7 rings (SSSR count). The minimum absolute atomic E-state index is 0.150. The van der Waals surface area contributed by atoms with Gasteiger partial charge in [0, 0.05) is 74.9 Å². The van der Waals surface area contributed by atoms with Crippen LogP contribution in [0.25, 0.3) is 0 Å². The molecule has 5 aliphatic rings. The van der Waals surface area contributed by atoms with Crippen LogP contribution in [0.15, 0.2) is 53.5 Å². The average Bonchev–Trinajstić information content (AvgIpc) is 3.50. The van der Waals surface area contributed by atoms with E-state index in [1.54, 1.807) is 0 Å². The third kappa shape index (κ3) is 9.41. The van der Waals surface area contributed by atoms with E-state index in [9.17, 15) is 19.5 Å². The highest BCUT2D eigenvalue weighted by Gasteiger charge is 2.46. The first-order valence-corrected chi connectivity index (χ1v) is 20.3. The van der Waals surface area contributed by atoms with E-state index in [-0.39, 0.29) is 11.9 Å². The predicted molar refractivity (Wildman–Crippen MR) is 210 cm³/mol. The van der Waals surface area contributed by atoms with Crippen LogP contribution in [0.2, 0.25) is 0 Å². The number of aliphatic carboxylic acids is 1. The molecule has 2 N–H and O–H groups in total. The van der Waals surface area contributed by atoms with E-state index in [2.05, 4.69) is 50.9 Å². The first-order valence-electron chi connectivity index (χ1n) is 20.3. The normalized spacial score (nSPS) is 21.7. The number of aliphatic imine (C=N–C) groups is 1. The summed E-state index contributed by atoms with van der Waals surface area (Å²) in [6.45, 7) is 15.3. The van der Waals surface area contributed by atoms with Crippen molar-refractivity contribution in [3.63, 3.8) is 0 Å². The van der Waals surface area contributed by atoms with Crippen LogP contribution in [0, 0.1) is 0 Å². The molecule has 53 heavy (non-hydrogen) atoms. The molecule has 2 aromatic rings. The van der Waals surface area contributed by atoms with Gasteiger partial charge in [-0.25, -0.2) is 14.6 Å². The Balaban J connectivity index is 0.000000181. The number of nitrogens with zero attached hydrogens (tertiary/aromatic N) is 5. The highest BCUT2D eigenvalue weighted by molar-refractivity contribution is 6.08. The molecule has 2 aliphatic carbocycles. The molecular formula is C42H60N6O5. The van der Waals surface area contributed by atoms with E-state index in [4.69, 9.17) is 9.73 Å². The lowest BCUT2D eigenvalue weighted by molar-refractivity contribution is -0.146. The van der Waals surface area contributed by atoms with Crippen LogP contribution >= 0.6 is 0 Å². The molecule has 4 fully saturated rings. The summed E-state index contributed by atoms with van der Waals surface area (Å²) in [5.41, 5.74) is 2.09. The molecular weight excluding hydrogens is 668 g/mol. The summed E-state index contributed by atoms with van der Waals surface area (Å²) < 4.78 is 5.56. The molecule has 3 aliphatic heterocycles. The summed E-state index contributed by atoms with van der Waals surface area (Å²) in [4.78, 5) is 51.3. The van der Waals surface area contributed by atoms with Crippen molar-refractivity contribution >= 4 is 35.1 Å². The highest BCUT2D eigenvalue weighted by Crippen LogP contribution is 2.37. The predicted octanol–water partition coefficient (Wildman–Crippen LogP) is 5.96. The average molecular weight is 729 g/mol. The standard InChI is InChI=1S/C21H31N3O3.C21H29N3O2/c1-2-12-23-13-15-24(16-14-23)18-8-6-17(7-9-18)19(25)22-21(20(26)27)10-4-3-5-11-21;1-2-12-23-13-15-24(16-14-23)18-8-6-17(7-9-18)19-22-21(20(25)26-19)10-4-3-5-11-21/h6-9H,2-5,10-16H2,1H3,(H,22,25)(H,26,27);6-9H,2-5,10-16H2,1H3. The lowest BCUT2D eigenvalue weighted by Crippen LogP contribution is -2.55. The van der Waals surface area contributed by atoms with Gasteiger partial charge in [0.15, 0.2) is 5.54 Å². The van der Waals surface area contributed by atoms with Gasteiger partial charge < -0.3 is 25.0 Å². The number of rotatable bonds is 10. The Bertz CT molecular complexity index is 1550. The second-order valence-corrected chi connectivity index (χ2v) is 15.6. The van der Waals surface area contributed by atoms with Crippen LogP contribution in [0.4, 0.5) is 11.4 Å². The molecule has 288 valence electrons. The van der Waals surface area contributed by atoms with E-state index >= 15 is 0 Å². The van der Waals surface area contributed by atoms with Gasteiger partial charge in [0.05, 0.1) is 0 Å². The van der Waals surface area contributed by atoms with Crippen molar-refractivity contribution < 1.29 is 24.2 Å². The Morgan fingerprint density at radius 2 is 1.17 bits per heavy atom. The molecule has 11 nitrogen and oxygen atoms in total. The molecule has 2 aromatic carbocycles. The van der Waals surface area contributed by atoms with Crippen molar-refractivity contribution in [2.24, 2.45) is 4.99 Å². The van der Waals surface area contributed by atoms with Gasteiger partial charge in [-0.05, 0) is 100 Å². The Kier molecular flexibility index (Phi) is 13.1. The third-order valence-electron chi connectivity index (χ3n) is 11.8. The smallest absolute Gasteiger partial charge is 0.340 e. The van der Waals surface area contributed by atoms with E-state index in [1.165, 1.54) is 31.5 Å². The summed E-state index contributed by atoms with van der Waals surface area (Å²) in [5, 5.41) is 12.4. The van der Waals surface area contributed by atoms with E-state index in [0.29, 0.717) is 24.3 Å². The second-order valence-electron chi connectivity index (χ2n) is 15.6. The molecule has 3 heterocycles. The van der Waals surface area contributed by atoms with Crippen LogP contribution in [-0.4, -0.2) is 115 Å². The molecule has 0 atom stereocenters. The number of cyclic esters (lactones) is 1. The fourth-order valence-corrected chi connectivity index (χ4v) is 8.59. The SMILES string of the molecule is CCCN1CCN(c2ccc(C(=O)NC3(C(=O)O)CCCCC3)cc2)CC1.CCCN1CCN(c2ccc(C3=NC4(CCCCC4)C(=O)O3)cc2)CC1. The van der Waals surface area contributed by atoms with Gasteiger partial charge in [0.25, 0.3) is 5.91 Å². The van der Waals surface area contributed by atoms with Crippen LogP contribution in [0.3, 0.4) is 0 Å². The number of ether oxygens (including phenoxy) is 1. The maximum atomic E-state index is 12.6. The maximum absolute atomic E-state index is 12.6. The molecule has 0 bridgehead atoms. The van der Waals surface area contributed by atoms with Gasteiger partial charge in [-0.2, -0.15) is 0 Å². The number of benzene rings is 2. The van der Waals surface area contributed by atoms with E-state index in [0.717, 1.165) is 115 Å². The van der Waals surface area contributed by atoms with Crippen molar-refractivity contribution in [3.8, 4) is 0 Å². The van der Waals surface area contributed by atoms with Gasteiger partial charge in [-0.3, -0.25) is 14.6 Å². The lowest BCUT2D eigenvalue weighted by atomic mass is 9.81. The van der Waals surface area contributed by atoms with Crippen molar-refractivity contribution in [2.75, 3.05) is 75.2 Å². The number of carboxylic acids is 1. The van der Waals surface area contributed by atoms with Gasteiger partial charge in [-0.15, -0.1) is 0 Å². The number of esters is 1. The number of hydrogen-bond donors (Lipinski definition) is 2. The fraction of sp³-hybridized carbons (Fsp3) is 0.619. The Morgan fingerprint density at radius 1 is 0.698 bits per heavy atom. The molecule has 2 saturated heterocycles. The zero-order valence-corrected chi connectivity index (χ0v) is 32.0. The summed E-state index contributed by atoms with van der Waals surface area (Å²) >= 11 is 0. The summed E-state index contributed by atoms with van der Waals surface area (Å²) in [6.07, 6.45) is 11.1. The van der Waals surface area contributed by atoms with Crippen molar-refractivity contribution in [1.82, 2.24) is 15.1 Å². The number of carbonyl (C=O) groups is 3. The lowest BCUT2D eigenvalue weighted by Gasteiger charge is -2.36. The Hall–Kier alpha value is -3.96. The molecule has 0 aromatic heterocycles. The summed E-state index contributed by atoms with van der Waals surface area (Å²) in [7, 11) is 0. The topological polar surface area (TPSA) is 118 Å². The number of carbonyl (C=O) groups excluding carboxylic acids is 2. The molecule has 11 heteroatoms. The molecule has 1 spiro atoms. The van der Waals surface area contributed by atoms with Gasteiger partial charge in [0.2, 0.25) is 5.90 Å². The van der Waals surface area contributed by atoms with Gasteiger partial charge >= 0.3 is 11.9 Å². The fourth-order valence-electron chi connectivity index (χ4n) is 8.59. The number of hydrogen-bond acceptors (Lipinski definition) is 9.